The molecule has 0 spiro atoms. The van der Waals surface area contributed by atoms with E-state index in [4.69, 9.17) is 5.73 Å². The fraction of sp³-hybridized carbons (Fsp3) is 0.667. The Balaban J connectivity index is 2.23. The summed E-state index contributed by atoms with van der Waals surface area (Å²) in [6.45, 7) is 7.16. The van der Waals surface area contributed by atoms with Gasteiger partial charge in [0, 0.05) is 18.1 Å². The van der Waals surface area contributed by atoms with Crippen molar-refractivity contribution in [3.8, 4) is 0 Å². The Morgan fingerprint density at radius 1 is 1.31 bits per heavy atom. The van der Waals surface area contributed by atoms with Gasteiger partial charge in [0.25, 0.3) is 0 Å². The summed E-state index contributed by atoms with van der Waals surface area (Å²) in [4.78, 5) is 8.52. The van der Waals surface area contributed by atoms with Crippen LogP contribution in [0.15, 0.2) is 17.6 Å². The number of aryl methyl sites for hydroxylation is 1. The molecule has 0 aliphatic heterocycles. The average molecular weight is 239 g/mol. The molecule has 0 saturated carbocycles. The van der Waals surface area contributed by atoms with Crippen LogP contribution in [0.1, 0.15) is 32.3 Å². The molecule has 0 aromatic carbocycles. The van der Waals surface area contributed by atoms with Crippen molar-refractivity contribution in [2.24, 2.45) is 11.1 Å². The van der Waals surface area contributed by atoms with Gasteiger partial charge in [0.15, 0.2) is 5.16 Å². The topological polar surface area (TPSA) is 51.8 Å². The first-order valence-electron chi connectivity index (χ1n) is 5.65. The third kappa shape index (κ3) is 4.94. The van der Waals surface area contributed by atoms with E-state index in [1.54, 1.807) is 11.8 Å². The van der Waals surface area contributed by atoms with Crippen LogP contribution in [0, 0.1) is 12.3 Å². The van der Waals surface area contributed by atoms with Gasteiger partial charge in [-0.1, -0.05) is 25.6 Å². The number of hydrogen-bond donors (Lipinski definition) is 1. The molecule has 0 unspecified atom stereocenters. The largest absolute Gasteiger partial charge is 0.330 e. The van der Waals surface area contributed by atoms with Crippen LogP contribution >= 0.6 is 11.8 Å². The van der Waals surface area contributed by atoms with Crippen LogP contribution in [-0.4, -0.2) is 22.3 Å². The maximum absolute atomic E-state index is 5.68. The van der Waals surface area contributed by atoms with Gasteiger partial charge in [-0.3, -0.25) is 0 Å². The third-order valence-corrected chi connectivity index (χ3v) is 3.50. The van der Waals surface area contributed by atoms with Gasteiger partial charge < -0.3 is 5.73 Å². The van der Waals surface area contributed by atoms with Gasteiger partial charge in [0.2, 0.25) is 0 Å². The second-order valence-corrected chi connectivity index (χ2v) is 5.93. The minimum Gasteiger partial charge on any atom is -0.330 e. The summed E-state index contributed by atoms with van der Waals surface area (Å²) in [5.41, 5.74) is 7.05. The Hall–Kier alpha value is -0.610. The quantitative estimate of drug-likeness (QED) is 0.471. The average Bonchev–Trinajstić information content (AvgIpc) is 2.27. The van der Waals surface area contributed by atoms with E-state index in [-0.39, 0.29) is 5.41 Å². The molecule has 1 heterocycles. The fourth-order valence-corrected chi connectivity index (χ4v) is 2.00. The molecule has 0 aliphatic rings. The molecule has 0 bridgehead atoms. The van der Waals surface area contributed by atoms with E-state index in [1.165, 1.54) is 0 Å². The van der Waals surface area contributed by atoms with Crippen LogP contribution < -0.4 is 5.73 Å². The lowest BCUT2D eigenvalue weighted by molar-refractivity contribution is 0.345. The van der Waals surface area contributed by atoms with E-state index in [9.17, 15) is 0 Å². The number of nitrogens with two attached hydrogens (primary N) is 1. The molecule has 0 fully saturated rings. The van der Waals surface area contributed by atoms with Gasteiger partial charge in [-0.15, -0.1) is 0 Å². The lowest BCUT2D eigenvalue weighted by atomic mass is 9.88. The fourth-order valence-electron chi connectivity index (χ4n) is 1.27. The molecule has 3 nitrogen and oxygen atoms in total. The maximum Gasteiger partial charge on any atom is 0.187 e. The molecule has 2 N–H and O–H groups in total. The van der Waals surface area contributed by atoms with Crippen molar-refractivity contribution in [2.45, 2.75) is 38.8 Å². The van der Waals surface area contributed by atoms with Crippen molar-refractivity contribution in [2.75, 3.05) is 12.3 Å². The minimum absolute atomic E-state index is 0.259. The lowest BCUT2D eigenvalue weighted by Gasteiger charge is -2.21. The summed E-state index contributed by atoms with van der Waals surface area (Å²) in [7, 11) is 0. The highest BCUT2D eigenvalue weighted by Gasteiger charge is 2.14. The summed E-state index contributed by atoms with van der Waals surface area (Å²) in [5.74, 6) is 1.06. The summed E-state index contributed by atoms with van der Waals surface area (Å²) in [6, 6.07) is 0. The van der Waals surface area contributed by atoms with Crippen molar-refractivity contribution >= 4 is 11.8 Å². The summed E-state index contributed by atoms with van der Waals surface area (Å²) in [6.07, 6.45) is 6.03. The molecule has 1 aromatic rings. The van der Waals surface area contributed by atoms with Crippen molar-refractivity contribution < 1.29 is 0 Å². The predicted molar refractivity (Wildman–Crippen MR) is 69.6 cm³/mol. The number of hydrogen-bond acceptors (Lipinski definition) is 4. The second kappa shape index (κ2) is 6.21. The van der Waals surface area contributed by atoms with Crippen LogP contribution in [0.5, 0.6) is 0 Å². The minimum atomic E-state index is 0.259. The molecule has 1 aromatic heterocycles. The van der Waals surface area contributed by atoms with Crippen LogP contribution in [-0.2, 0) is 0 Å². The van der Waals surface area contributed by atoms with E-state index in [0.717, 1.165) is 35.9 Å². The molecule has 0 atom stereocenters. The van der Waals surface area contributed by atoms with Crippen molar-refractivity contribution in [3.05, 3.63) is 18.0 Å². The molecular weight excluding hydrogens is 218 g/mol. The highest BCUT2D eigenvalue weighted by atomic mass is 32.2. The molecule has 16 heavy (non-hydrogen) atoms. The zero-order valence-electron chi connectivity index (χ0n) is 10.4. The predicted octanol–water partition coefficient (Wildman–Crippen LogP) is 2.64. The number of aromatic nitrogens is 2. The van der Waals surface area contributed by atoms with Crippen molar-refractivity contribution in [1.82, 2.24) is 9.97 Å². The van der Waals surface area contributed by atoms with Crippen LogP contribution in [0.4, 0.5) is 0 Å². The molecule has 0 saturated heterocycles. The molecule has 0 radical (unpaired) electrons. The summed E-state index contributed by atoms with van der Waals surface area (Å²) in [5, 5.41) is 0.871. The second-order valence-electron chi connectivity index (χ2n) is 4.86. The Kier molecular flexibility index (Phi) is 5.22. The summed E-state index contributed by atoms with van der Waals surface area (Å²) < 4.78 is 0. The van der Waals surface area contributed by atoms with Crippen LogP contribution in [0.25, 0.3) is 0 Å². The van der Waals surface area contributed by atoms with E-state index < -0.39 is 0 Å². The molecule has 1 rings (SSSR count). The first-order valence-corrected chi connectivity index (χ1v) is 6.63. The first-order chi connectivity index (χ1) is 7.53. The standard InChI is InChI=1S/C12H21N3S/c1-10-7-14-11(15-8-10)16-6-4-5-12(2,3)9-13/h7-8H,4-6,9,13H2,1-3H3. The number of nitrogens with zero attached hydrogens (tertiary/aromatic N) is 2. The van der Waals surface area contributed by atoms with Gasteiger partial charge in [0.05, 0.1) is 0 Å². The molecular formula is C12H21N3S. The Bertz CT molecular complexity index is 309. The number of rotatable bonds is 6. The Morgan fingerprint density at radius 2 is 1.94 bits per heavy atom. The van der Waals surface area contributed by atoms with E-state index in [2.05, 4.69) is 23.8 Å². The first kappa shape index (κ1) is 13.5. The van der Waals surface area contributed by atoms with Crippen LogP contribution in [0.3, 0.4) is 0 Å². The van der Waals surface area contributed by atoms with Gasteiger partial charge in [0.1, 0.15) is 0 Å². The SMILES string of the molecule is Cc1cnc(SCCCC(C)(C)CN)nc1. The zero-order valence-corrected chi connectivity index (χ0v) is 11.2. The van der Waals surface area contributed by atoms with E-state index in [1.807, 2.05) is 19.3 Å². The Morgan fingerprint density at radius 3 is 2.50 bits per heavy atom. The van der Waals surface area contributed by atoms with E-state index >= 15 is 0 Å². The van der Waals surface area contributed by atoms with Gasteiger partial charge >= 0.3 is 0 Å². The Labute approximate surface area is 102 Å². The zero-order chi connectivity index (χ0) is 12.0. The van der Waals surface area contributed by atoms with Crippen molar-refractivity contribution in [3.63, 3.8) is 0 Å². The molecule has 4 heteroatoms. The molecule has 0 amide bonds. The normalized spacial score (nSPS) is 11.8. The van der Waals surface area contributed by atoms with Gasteiger partial charge in [-0.2, -0.15) is 0 Å². The summed E-state index contributed by atoms with van der Waals surface area (Å²) >= 11 is 1.72. The van der Waals surface area contributed by atoms with Crippen LogP contribution in [0.2, 0.25) is 0 Å². The highest BCUT2D eigenvalue weighted by Crippen LogP contribution is 2.23. The van der Waals surface area contributed by atoms with Crippen molar-refractivity contribution in [1.29, 1.82) is 0 Å². The molecule has 90 valence electrons. The lowest BCUT2D eigenvalue weighted by Crippen LogP contribution is -2.23. The van der Waals surface area contributed by atoms with E-state index in [0.29, 0.717) is 0 Å². The maximum atomic E-state index is 5.68. The van der Waals surface area contributed by atoms with Gasteiger partial charge in [-0.25, -0.2) is 9.97 Å². The highest BCUT2D eigenvalue weighted by molar-refractivity contribution is 7.99. The van der Waals surface area contributed by atoms with Gasteiger partial charge in [-0.05, 0) is 37.3 Å². The molecule has 0 aliphatic carbocycles. The monoisotopic (exact) mass is 239 g/mol. The smallest absolute Gasteiger partial charge is 0.187 e. The number of thioether (sulfide) groups is 1. The third-order valence-electron chi connectivity index (χ3n) is 2.54.